The highest BCUT2D eigenvalue weighted by Crippen LogP contribution is 2.51. The predicted octanol–water partition coefficient (Wildman–Crippen LogP) is 11.3. The molecular weight excluding hydrogens is 627 g/mol. The summed E-state index contributed by atoms with van der Waals surface area (Å²) in [5, 5.41) is 9.71. The summed E-state index contributed by atoms with van der Waals surface area (Å²) < 4.78 is 11.3. The molecule has 6 nitrogen and oxygen atoms in total. The first-order valence-electron chi connectivity index (χ1n) is 17.2. The third-order valence-electron chi connectivity index (χ3n) is 11.0. The highest BCUT2D eigenvalue weighted by molar-refractivity contribution is 6.41. The Labute approximate surface area is 288 Å². The molecule has 0 N–H and O–H groups in total. The average Bonchev–Trinajstić information content (AvgIpc) is 3.91. The van der Waals surface area contributed by atoms with Crippen LogP contribution < -0.4 is 0 Å². The molecule has 6 aromatic heterocycles. The Morgan fingerprint density at radius 2 is 0.961 bits per heavy atom. The summed E-state index contributed by atoms with van der Waals surface area (Å²) in [6.07, 6.45) is 0. The van der Waals surface area contributed by atoms with E-state index in [-0.39, 0.29) is 0 Å². The number of nitrogens with zero attached hydrogens (tertiary/aromatic N) is 5. The zero-order valence-electron chi connectivity index (χ0n) is 26.9. The van der Waals surface area contributed by atoms with Crippen LogP contribution in [-0.2, 0) is 0 Å². The Balaban J connectivity index is 1.19. The second-order valence-corrected chi connectivity index (χ2v) is 13.6. The molecule has 0 aliphatic heterocycles. The van der Waals surface area contributed by atoms with Crippen molar-refractivity contribution in [1.29, 1.82) is 0 Å². The van der Waals surface area contributed by atoms with E-state index in [2.05, 4.69) is 124 Å². The molecule has 0 saturated heterocycles. The topological polar surface area (TPSA) is 61.2 Å². The number of hydrogen-bond acceptors (Lipinski definition) is 4. The lowest BCUT2D eigenvalue weighted by molar-refractivity contribution is 0.669. The van der Waals surface area contributed by atoms with Gasteiger partial charge in [0, 0.05) is 48.8 Å². The van der Waals surface area contributed by atoms with Crippen molar-refractivity contribution in [3.63, 3.8) is 0 Å². The SMILES string of the molecule is c1ccc(-c2cccc(-c3nc(-c4ccccc4)nc(-n4c5ccc6oc7ccc8c9cccc%10c%11ccc4c4c5c6c7c8n(c9%10)c%114)n3)c2)cc1. The quantitative estimate of drug-likeness (QED) is 0.190. The molecule has 13 aromatic rings. The minimum absolute atomic E-state index is 0.579. The lowest BCUT2D eigenvalue weighted by atomic mass is 10.0. The summed E-state index contributed by atoms with van der Waals surface area (Å²) in [4.78, 5) is 15.6. The summed E-state index contributed by atoms with van der Waals surface area (Å²) in [6, 6.07) is 48.9. The fourth-order valence-corrected chi connectivity index (χ4v) is 8.95. The second kappa shape index (κ2) is 8.94. The van der Waals surface area contributed by atoms with Crippen molar-refractivity contribution in [3.05, 3.63) is 140 Å². The number of para-hydroxylation sites is 1. The number of benzene rings is 7. The van der Waals surface area contributed by atoms with Gasteiger partial charge in [-0.05, 0) is 47.5 Å². The molecule has 0 atom stereocenters. The first-order chi connectivity index (χ1) is 25.3. The number of rotatable bonds is 4. The van der Waals surface area contributed by atoms with Crippen LogP contribution in [0.3, 0.4) is 0 Å². The summed E-state index contributed by atoms with van der Waals surface area (Å²) in [7, 11) is 0. The molecule has 0 radical (unpaired) electrons. The van der Waals surface area contributed by atoms with Gasteiger partial charge in [0.25, 0.3) is 0 Å². The number of aromatic nitrogens is 5. The van der Waals surface area contributed by atoms with E-state index in [1.165, 1.54) is 48.9 Å². The van der Waals surface area contributed by atoms with Crippen LogP contribution in [0.25, 0.3) is 122 Å². The van der Waals surface area contributed by atoms with Crippen LogP contribution in [0.15, 0.2) is 144 Å². The van der Waals surface area contributed by atoms with E-state index in [0.29, 0.717) is 17.6 Å². The van der Waals surface area contributed by atoms with Gasteiger partial charge in [0.15, 0.2) is 11.6 Å². The van der Waals surface area contributed by atoms with Crippen LogP contribution >= 0.6 is 0 Å². The van der Waals surface area contributed by atoms with Gasteiger partial charge in [-0.1, -0.05) is 103 Å². The molecule has 234 valence electrons. The van der Waals surface area contributed by atoms with E-state index in [0.717, 1.165) is 55.2 Å². The largest absolute Gasteiger partial charge is 0.456 e. The van der Waals surface area contributed by atoms with Crippen LogP contribution in [0.4, 0.5) is 0 Å². The second-order valence-electron chi connectivity index (χ2n) is 13.6. The maximum absolute atomic E-state index is 6.60. The van der Waals surface area contributed by atoms with Gasteiger partial charge in [-0.25, -0.2) is 4.98 Å². The summed E-state index contributed by atoms with van der Waals surface area (Å²) in [5.41, 5.74) is 11.7. The standard InChI is InChI=1S/C45H23N5O/c1-3-9-24(10-4-1)26-13-7-14-27(23-26)44-46-43(25-11-5-2-6-12-25)47-45(48-44)49-32-20-22-34-38-36(32)37-33(49)19-17-30-28-15-8-16-29-31-18-21-35(51-34)39(38)42(31)50(40(28)29)41(30)37/h1-23H. The summed E-state index contributed by atoms with van der Waals surface area (Å²) in [6.45, 7) is 0. The van der Waals surface area contributed by atoms with Gasteiger partial charge >= 0.3 is 0 Å². The molecule has 0 saturated carbocycles. The van der Waals surface area contributed by atoms with Crippen molar-refractivity contribution in [2.75, 3.05) is 0 Å². The Hall–Kier alpha value is -7.05. The van der Waals surface area contributed by atoms with Crippen molar-refractivity contribution in [2.45, 2.75) is 0 Å². The molecule has 13 rings (SSSR count). The monoisotopic (exact) mass is 649 g/mol. The molecule has 0 aliphatic rings. The van der Waals surface area contributed by atoms with Gasteiger partial charge in [-0.2, -0.15) is 9.97 Å². The first kappa shape index (κ1) is 25.9. The molecule has 6 heteroatoms. The minimum Gasteiger partial charge on any atom is -0.456 e. The van der Waals surface area contributed by atoms with E-state index in [1.807, 2.05) is 24.3 Å². The minimum atomic E-state index is 0.579. The van der Waals surface area contributed by atoms with Crippen LogP contribution in [0.1, 0.15) is 0 Å². The molecule has 7 aromatic carbocycles. The third kappa shape index (κ3) is 3.12. The van der Waals surface area contributed by atoms with Crippen LogP contribution in [-0.4, -0.2) is 23.9 Å². The molecule has 51 heavy (non-hydrogen) atoms. The fraction of sp³-hybridized carbons (Fsp3) is 0. The maximum atomic E-state index is 6.60. The Kier molecular flexibility index (Phi) is 4.54. The van der Waals surface area contributed by atoms with E-state index in [1.54, 1.807) is 0 Å². The molecule has 0 fully saturated rings. The summed E-state index contributed by atoms with van der Waals surface area (Å²) >= 11 is 0. The fourth-order valence-electron chi connectivity index (χ4n) is 8.95. The smallest absolute Gasteiger partial charge is 0.238 e. The molecule has 0 unspecified atom stereocenters. The van der Waals surface area contributed by atoms with Crippen molar-refractivity contribution < 1.29 is 4.42 Å². The van der Waals surface area contributed by atoms with Gasteiger partial charge in [0.2, 0.25) is 5.95 Å². The maximum Gasteiger partial charge on any atom is 0.238 e. The van der Waals surface area contributed by atoms with Crippen LogP contribution in [0.2, 0.25) is 0 Å². The Morgan fingerprint density at radius 3 is 1.76 bits per heavy atom. The van der Waals surface area contributed by atoms with Crippen molar-refractivity contribution in [3.8, 4) is 39.9 Å². The van der Waals surface area contributed by atoms with Crippen molar-refractivity contribution >= 4 is 81.8 Å². The number of furan rings is 1. The van der Waals surface area contributed by atoms with Gasteiger partial charge in [-0.15, -0.1) is 0 Å². The van der Waals surface area contributed by atoms with Crippen LogP contribution in [0, 0.1) is 0 Å². The third-order valence-corrected chi connectivity index (χ3v) is 11.0. The van der Waals surface area contributed by atoms with Crippen molar-refractivity contribution in [1.82, 2.24) is 23.9 Å². The zero-order valence-corrected chi connectivity index (χ0v) is 26.9. The van der Waals surface area contributed by atoms with E-state index in [9.17, 15) is 0 Å². The van der Waals surface area contributed by atoms with Gasteiger partial charge in [0.1, 0.15) is 11.2 Å². The van der Waals surface area contributed by atoms with E-state index < -0.39 is 0 Å². The van der Waals surface area contributed by atoms with Crippen molar-refractivity contribution in [2.24, 2.45) is 0 Å². The molecule has 0 bridgehead atoms. The van der Waals surface area contributed by atoms with E-state index in [4.69, 9.17) is 19.4 Å². The lowest BCUT2D eigenvalue weighted by Crippen LogP contribution is -2.06. The predicted molar refractivity (Wildman–Crippen MR) is 206 cm³/mol. The molecule has 0 amide bonds. The average molecular weight is 650 g/mol. The normalized spacial score (nSPS) is 12.7. The van der Waals surface area contributed by atoms with Gasteiger partial charge in [0.05, 0.1) is 33.0 Å². The Bertz CT molecular complexity index is 3460. The first-order valence-corrected chi connectivity index (χ1v) is 17.2. The Morgan fingerprint density at radius 1 is 0.392 bits per heavy atom. The van der Waals surface area contributed by atoms with Gasteiger partial charge < -0.3 is 8.82 Å². The number of hydrogen-bond donors (Lipinski definition) is 0. The zero-order chi connectivity index (χ0) is 32.9. The summed E-state index contributed by atoms with van der Waals surface area (Å²) in [5.74, 6) is 1.83. The van der Waals surface area contributed by atoms with Gasteiger partial charge in [-0.3, -0.25) is 4.57 Å². The van der Waals surface area contributed by atoms with Crippen LogP contribution in [0.5, 0.6) is 0 Å². The number of fused-ring (bicyclic) bond motifs is 2. The molecular formula is C45H23N5O. The molecule has 0 spiro atoms. The van der Waals surface area contributed by atoms with E-state index >= 15 is 0 Å². The highest BCUT2D eigenvalue weighted by atomic mass is 16.3. The lowest BCUT2D eigenvalue weighted by Gasteiger charge is -2.12. The molecule has 0 aliphatic carbocycles. The molecule has 6 heterocycles. The highest BCUT2D eigenvalue weighted by Gasteiger charge is 2.30.